The molecule has 0 unspecified atom stereocenters. The lowest BCUT2D eigenvalue weighted by atomic mass is 9.98. The van der Waals surface area contributed by atoms with Crippen LogP contribution in [0.1, 0.15) is 35.8 Å². The number of aromatic nitrogens is 1. The fourth-order valence-electron chi connectivity index (χ4n) is 1.87. The molecule has 1 aromatic carbocycles. The molecule has 106 valence electrons. The van der Waals surface area contributed by atoms with Crippen LogP contribution in [0.3, 0.4) is 0 Å². The van der Waals surface area contributed by atoms with E-state index in [1.807, 2.05) is 13.8 Å². The highest BCUT2D eigenvalue weighted by Crippen LogP contribution is 2.40. The van der Waals surface area contributed by atoms with Gasteiger partial charge in [-0.3, -0.25) is 0 Å². The van der Waals surface area contributed by atoms with E-state index >= 15 is 0 Å². The molecule has 2 N–H and O–H groups in total. The second-order valence-corrected chi connectivity index (χ2v) is 4.66. The number of hydrogen-bond donors (Lipinski definition) is 2. The topological polar surface area (TPSA) is 92.8 Å². The number of ether oxygens (including phenoxy) is 1. The lowest BCUT2D eigenvalue weighted by Crippen LogP contribution is -1.95. The maximum absolute atomic E-state index is 10.8. The average Bonchev–Trinajstić information content (AvgIpc) is 2.87. The molecule has 1 heterocycles. The molecule has 0 saturated carbocycles. The number of rotatable bonds is 4. The standard InChI is InChI=1S/C14H15NO5/c1-7(2)8-4-9(13(19-3)11(16)5-8)12-6-10(14(17)18)15-20-12/h4-7,16H,1-3H3,(H,17,18). The summed E-state index contributed by atoms with van der Waals surface area (Å²) in [7, 11) is 1.42. The summed E-state index contributed by atoms with van der Waals surface area (Å²) >= 11 is 0. The van der Waals surface area contributed by atoms with E-state index < -0.39 is 5.97 Å². The molecule has 1 aromatic heterocycles. The molecule has 6 nitrogen and oxygen atoms in total. The third-order valence-corrected chi connectivity index (χ3v) is 2.96. The van der Waals surface area contributed by atoms with E-state index in [-0.39, 0.29) is 28.9 Å². The number of aromatic hydroxyl groups is 1. The molecular formula is C14H15NO5. The quantitative estimate of drug-likeness (QED) is 0.892. The Hall–Kier alpha value is -2.50. The number of phenolic OH excluding ortho intramolecular Hbond substituents is 1. The van der Waals surface area contributed by atoms with E-state index in [0.29, 0.717) is 5.56 Å². The largest absolute Gasteiger partial charge is 0.504 e. The van der Waals surface area contributed by atoms with Crippen LogP contribution in [-0.2, 0) is 0 Å². The first-order valence-corrected chi connectivity index (χ1v) is 6.05. The number of nitrogens with zero attached hydrogens (tertiary/aromatic N) is 1. The van der Waals surface area contributed by atoms with E-state index in [1.54, 1.807) is 12.1 Å². The Kier molecular flexibility index (Phi) is 3.65. The predicted octanol–water partition coefficient (Wildman–Crippen LogP) is 2.88. The maximum atomic E-state index is 10.8. The van der Waals surface area contributed by atoms with E-state index in [0.717, 1.165) is 5.56 Å². The molecule has 0 fully saturated rings. The number of carboxylic acid groups (broad SMARTS) is 1. The molecular weight excluding hydrogens is 262 g/mol. The third kappa shape index (κ3) is 2.45. The minimum absolute atomic E-state index is 0.0259. The molecule has 0 bridgehead atoms. The Bertz CT molecular complexity index is 645. The van der Waals surface area contributed by atoms with Crippen LogP contribution >= 0.6 is 0 Å². The molecule has 0 aliphatic heterocycles. The number of carbonyl (C=O) groups is 1. The van der Waals surface area contributed by atoms with Crippen LogP contribution in [0.2, 0.25) is 0 Å². The summed E-state index contributed by atoms with van der Waals surface area (Å²) in [5, 5.41) is 22.3. The van der Waals surface area contributed by atoms with Gasteiger partial charge in [-0.2, -0.15) is 0 Å². The molecule has 0 amide bonds. The zero-order valence-corrected chi connectivity index (χ0v) is 11.4. The van der Waals surface area contributed by atoms with E-state index in [9.17, 15) is 9.90 Å². The Morgan fingerprint density at radius 2 is 2.05 bits per heavy atom. The molecule has 20 heavy (non-hydrogen) atoms. The fourth-order valence-corrected chi connectivity index (χ4v) is 1.87. The van der Waals surface area contributed by atoms with Crippen molar-refractivity contribution in [2.75, 3.05) is 7.11 Å². The van der Waals surface area contributed by atoms with Gasteiger partial charge < -0.3 is 19.5 Å². The van der Waals surface area contributed by atoms with Gasteiger partial charge in [0.2, 0.25) is 0 Å². The van der Waals surface area contributed by atoms with Gasteiger partial charge >= 0.3 is 5.97 Å². The minimum Gasteiger partial charge on any atom is -0.504 e. The van der Waals surface area contributed by atoms with Crippen molar-refractivity contribution in [3.63, 3.8) is 0 Å². The number of carboxylic acids is 1. The maximum Gasteiger partial charge on any atom is 0.358 e. The van der Waals surface area contributed by atoms with Crippen LogP contribution < -0.4 is 4.74 Å². The Morgan fingerprint density at radius 1 is 1.35 bits per heavy atom. The molecule has 0 aliphatic carbocycles. The van der Waals surface area contributed by atoms with Gasteiger partial charge in [0, 0.05) is 6.07 Å². The zero-order valence-electron chi connectivity index (χ0n) is 11.4. The fraction of sp³-hybridized carbons (Fsp3) is 0.286. The Labute approximate surface area is 115 Å². The van der Waals surface area contributed by atoms with Crippen LogP contribution in [0, 0.1) is 0 Å². The Morgan fingerprint density at radius 3 is 2.55 bits per heavy atom. The molecule has 0 aliphatic rings. The van der Waals surface area contributed by atoms with Gasteiger partial charge in [-0.05, 0) is 23.6 Å². The second-order valence-electron chi connectivity index (χ2n) is 4.66. The van der Waals surface area contributed by atoms with Crippen molar-refractivity contribution in [2.45, 2.75) is 19.8 Å². The van der Waals surface area contributed by atoms with Crippen LogP contribution in [0.4, 0.5) is 0 Å². The predicted molar refractivity (Wildman–Crippen MR) is 71.2 cm³/mol. The van der Waals surface area contributed by atoms with Crippen molar-refractivity contribution in [3.05, 3.63) is 29.5 Å². The number of phenols is 1. The molecule has 2 rings (SSSR count). The molecule has 0 spiro atoms. The highest BCUT2D eigenvalue weighted by atomic mass is 16.5. The van der Waals surface area contributed by atoms with E-state index in [1.165, 1.54) is 13.2 Å². The number of hydrogen-bond acceptors (Lipinski definition) is 5. The van der Waals surface area contributed by atoms with E-state index in [4.69, 9.17) is 14.4 Å². The first kappa shape index (κ1) is 13.9. The summed E-state index contributed by atoms with van der Waals surface area (Å²) in [4.78, 5) is 10.8. The first-order chi connectivity index (χ1) is 9.43. The SMILES string of the molecule is COc1c(O)cc(C(C)C)cc1-c1cc(C(=O)O)no1. The lowest BCUT2D eigenvalue weighted by molar-refractivity contribution is 0.0686. The first-order valence-electron chi connectivity index (χ1n) is 6.05. The van der Waals surface area contributed by atoms with Crippen molar-refractivity contribution in [3.8, 4) is 22.8 Å². The normalized spacial score (nSPS) is 10.8. The van der Waals surface area contributed by atoms with Crippen LogP contribution in [0.15, 0.2) is 22.7 Å². The van der Waals surface area contributed by atoms with Crippen LogP contribution in [0.25, 0.3) is 11.3 Å². The smallest absolute Gasteiger partial charge is 0.358 e. The lowest BCUT2D eigenvalue weighted by Gasteiger charge is -2.12. The van der Waals surface area contributed by atoms with Crippen molar-refractivity contribution in [1.29, 1.82) is 0 Å². The highest BCUT2D eigenvalue weighted by molar-refractivity contribution is 5.87. The number of methoxy groups -OCH3 is 1. The minimum atomic E-state index is -1.18. The van der Waals surface area contributed by atoms with Crippen molar-refractivity contribution in [2.24, 2.45) is 0 Å². The Balaban J connectivity index is 2.60. The van der Waals surface area contributed by atoms with Gasteiger partial charge in [-0.25, -0.2) is 4.79 Å². The summed E-state index contributed by atoms with van der Waals surface area (Å²) in [6, 6.07) is 4.70. The van der Waals surface area contributed by atoms with Crippen molar-refractivity contribution in [1.82, 2.24) is 5.16 Å². The number of benzene rings is 1. The van der Waals surface area contributed by atoms with Gasteiger partial charge in [0.25, 0.3) is 0 Å². The third-order valence-electron chi connectivity index (χ3n) is 2.96. The summed E-state index contributed by atoms with van der Waals surface area (Å²) in [5.41, 5.74) is 1.15. The van der Waals surface area contributed by atoms with Crippen molar-refractivity contribution < 1.29 is 24.3 Å². The van der Waals surface area contributed by atoms with Gasteiger partial charge in [0.15, 0.2) is 23.0 Å². The molecule has 2 aromatic rings. The highest BCUT2D eigenvalue weighted by Gasteiger charge is 2.19. The summed E-state index contributed by atoms with van der Waals surface area (Å²) in [6.45, 7) is 3.96. The zero-order chi connectivity index (χ0) is 14.9. The van der Waals surface area contributed by atoms with Crippen molar-refractivity contribution >= 4 is 5.97 Å². The molecule has 0 radical (unpaired) electrons. The monoisotopic (exact) mass is 277 g/mol. The van der Waals surface area contributed by atoms with Crippen LogP contribution in [0.5, 0.6) is 11.5 Å². The summed E-state index contributed by atoms with van der Waals surface area (Å²) < 4.78 is 10.2. The molecule has 6 heteroatoms. The summed E-state index contributed by atoms with van der Waals surface area (Å²) in [6.07, 6.45) is 0. The van der Waals surface area contributed by atoms with E-state index in [2.05, 4.69) is 5.16 Å². The van der Waals surface area contributed by atoms with Gasteiger partial charge in [-0.1, -0.05) is 19.0 Å². The molecule has 0 saturated heterocycles. The number of aromatic carboxylic acids is 1. The summed E-state index contributed by atoms with van der Waals surface area (Å²) in [5.74, 6) is -0.558. The van der Waals surface area contributed by atoms with Crippen LogP contribution in [-0.4, -0.2) is 28.4 Å². The average molecular weight is 277 g/mol. The van der Waals surface area contributed by atoms with Gasteiger partial charge in [0.1, 0.15) is 0 Å². The van der Waals surface area contributed by atoms with Gasteiger partial charge in [0.05, 0.1) is 12.7 Å². The molecule has 0 atom stereocenters. The van der Waals surface area contributed by atoms with Gasteiger partial charge in [-0.15, -0.1) is 0 Å². The second kappa shape index (κ2) is 5.24.